The van der Waals surface area contributed by atoms with Gasteiger partial charge in [-0.1, -0.05) is 36.8 Å². The molecule has 7 heteroatoms. The van der Waals surface area contributed by atoms with E-state index in [0.29, 0.717) is 29.8 Å². The Morgan fingerprint density at radius 3 is 2.47 bits per heavy atom. The molecule has 2 saturated carbocycles. The van der Waals surface area contributed by atoms with E-state index in [-0.39, 0.29) is 0 Å². The summed E-state index contributed by atoms with van der Waals surface area (Å²) in [4.78, 5) is 28.9. The predicted octanol–water partition coefficient (Wildman–Crippen LogP) is 4.02. The molecule has 2 amide bonds. The third-order valence-electron chi connectivity index (χ3n) is 6.83. The van der Waals surface area contributed by atoms with E-state index < -0.39 is 11.8 Å². The molecule has 3 atom stereocenters. The zero-order valence-corrected chi connectivity index (χ0v) is 17.9. The number of H-pyrrole nitrogens is 1. The summed E-state index contributed by atoms with van der Waals surface area (Å²) in [6, 6.07) is 16.9. The number of carbonyl (C=O) groups excluding carboxylic acids is 2. The lowest BCUT2D eigenvalue weighted by Gasteiger charge is -2.21. The van der Waals surface area contributed by atoms with Gasteiger partial charge in [0.2, 0.25) is 0 Å². The van der Waals surface area contributed by atoms with Gasteiger partial charge in [0.05, 0.1) is 0 Å². The number of carbonyl (C=O) groups is 2. The molecule has 1 heterocycles. The van der Waals surface area contributed by atoms with Gasteiger partial charge in [0, 0.05) is 23.4 Å². The summed E-state index contributed by atoms with van der Waals surface area (Å²) in [6.07, 6.45) is 6.33. The highest BCUT2D eigenvalue weighted by Crippen LogP contribution is 2.49. The molecule has 0 aliphatic heterocycles. The monoisotopic (exact) mass is 429 g/mol. The quantitative estimate of drug-likeness (QED) is 0.515. The van der Waals surface area contributed by atoms with E-state index in [1.807, 2.05) is 42.5 Å². The Balaban J connectivity index is 1.12. The molecule has 0 radical (unpaired) electrons. The lowest BCUT2D eigenvalue weighted by atomic mass is 9.86. The minimum Gasteiger partial charge on any atom is -0.348 e. The van der Waals surface area contributed by atoms with Crippen LogP contribution in [0.15, 0.2) is 54.6 Å². The molecule has 7 nitrogen and oxygen atoms in total. The third kappa shape index (κ3) is 4.42. The molecular formula is C25H27N5O2. The smallest absolute Gasteiger partial charge is 0.313 e. The van der Waals surface area contributed by atoms with Crippen molar-refractivity contribution in [1.29, 1.82) is 0 Å². The van der Waals surface area contributed by atoms with Gasteiger partial charge in [0.1, 0.15) is 0 Å². The van der Waals surface area contributed by atoms with Crippen LogP contribution in [0.2, 0.25) is 0 Å². The Labute approximate surface area is 187 Å². The van der Waals surface area contributed by atoms with E-state index in [4.69, 9.17) is 0 Å². The maximum atomic E-state index is 12.2. The second-order valence-corrected chi connectivity index (χ2v) is 8.88. The molecule has 2 aliphatic carbocycles. The lowest BCUT2D eigenvalue weighted by molar-refractivity contribution is -0.136. The standard InChI is InChI=1S/C25H27N5O2/c31-24(26-13-12-20-15-16-6-7-19(20)14-16)25(32)27-21-10-8-18(9-11-21)23-28-22(29-30-23)17-4-2-1-3-5-17/h1-5,8-11,16,19-20H,6-7,12-15H2,(H,26,31)(H,27,32)(H,28,29,30). The maximum absolute atomic E-state index is 12.2. The van der Waals surface area contributed by atoms with Gasteiger partial charge in [-0.05, 0) is 67.7 Å². The second kappa shape index (κ2) is 8.94. The predicted molar refractivity (Wildman–Crippen MR) is 122 cm³/mol. The summed E-state index contributed by atoms with van der Waals surface area (Å²) in [5.74, 6) is 2.48. The van der Waals surface area contributed by atoms with Crippen LogP contribution >= 0.6 is 0 Å². The number of hydrogen-bond acceptors (Lipinski definition) is 4. The second-order valence-electron chi connectivity index (χ2n) is 8.88. The van der Waals surface area contributed by atoms with Crippen molar-refractivity contribution in [2.75, 3.05) is 11.9 Å². The van der Waals surface area contributed by atoms with E-state index in [2.05, 4.69) is 25.8 Å². The molecule has 0 spiro atoms. The third-order valence-corrected chi connectivity index (χ3v) is 6.83. The minimum absolute atomic E-state index is 0.560. The van der Waals surface area contributed by atoms with E-state index in [9.17, 15) is 9.59 Å². The molecule has 2 fully saturated rings. The molecule has 2 aliphatic rings. The highest BCUT2D eigenvalue weighted by Gasteiger charge is 2.38. The van der Waals surface area contributed by atoms with Gasteiger partial charge in [0.15, 0.2) is 11.6 Å². The van der Waals surface area contributed by atoms with Crippen molar-refractivity contribution in [2.24, 2.45) is 17.8 Å². The highest BCUT2D eigenvalue weighted by molar-refractivity contribution is 6.39. The zero-order chi connectivity index (χ0) is 21.9. The Morgan fingerprint density at radius 2 is 1.75 bits per heavy atom. The van der Waals surface area contributed by atoms with Gasteiger partial charge in [-0.3, -0.25) is 14.7 Å². The number of nitrogens with zero attached hydrogens (tertiary/aromatic N) is 2. The summed E-state index contributed by atoms with van der Waals surface area (Å²) in [7, 11) is 0. The van der Waals surface area contributed by atoms with Crippen LogP contribution in [0.4, 0.5) is 5.69 Å². The molecule has 5 rings (SSSR count). The van der Waals surface area contributed by atoms with Crippen LogP contribution in [0.1, 0.15) is 32.1 Å². The first kappa shape index (κ1) is 20.4. The highest BCUT2D eigenvalue weighted by atomic mass is 16.2. The van der Waals surface area contributed by atoms with Gasteiger partial charge in [-0.2, -0.15) is 5.10 Å². The van der Waals surface area contributed by atoms with Crippen molar-refractivity contribution in [2.45, 2.75) is 32.1 Å². The molecule has 32 heavy (non-hydrogen) atoms. The number of rotatable bonds is 6. The Bertz CT molecular complexity index is 1090. The normalized spacial score (nSPS) is 21.4. The summed E-state index contributed by atoms with van der Waals surface area (Å²) >= 11 is 0. The molecule has 1 aromatic heterocycles. The summed E-state index contributed by atoms with van der Waals surface area (Å²) in [6.45, 7) is 0.564. The molecule has 3 unspecified atom stereocenters. The Hall–Kier alpha value is -3.48. The summed E-state index contributed by atoms with van der Waals surface area (Å²) in [5, 5.41) is 12.6. The topological polar surface area (TPSA) is 99.8 Å². The average molecular weight is 430 g/mol. The van der Waals surface area contributed by atoms with Crippen LogP contribution in [-0.4, -0.2) is 33.5 Å². The zero-order valence-electron chi connectivity index (χ0n) is 17.9. The molecule has 164 valence electrons. The van der Waals surface area contributed by atoms with Gasteiger partial charge in [-0.25, -0.2) is 4.98 Å². The van der Waals surface area contributed by atoms with Gasteiger partial charge in [-0.15, -0.1) is 0 Å². The maximum Gasteiger partial charge on any atom is 0.313 e. The van der Waals surface area contributed by atoms with Crippen molar-refractivity contribution < 1.29 is 9.59 Å². The van der Waals surface area contributed by atoms with Crippen molar-refractivity contribution in [3.63, 3.8) is 0 Å². The fourth-order valence-electron chi connectivity index (χ4n) is 5.19. The number of nitrogens with one attached hydrogen (secondary N) is 3. The van der Waals surface area contributed by atoms with Crippen molar-refractivity contribution in [1.82, 2.24) is 20.5 Å². The van der Waals surface area contributed by atoms with E-state index >= 15 is 0 Å². The molecule has 2 bridgehead atoms. The van der Waals surface area contributed by atoms with Gasteiger partial charge in [0.25, 0.3) is 0 Å². The molecule has 3 N–H and O–H groups in total. The van der Waals surface area contributed by atoms with Crippen molar-refractivity contribution >= 4 is 17.5 Å². The van der Waals surface area contributed by atoms with Crippen LogP contribution in [-0.2, 0) is 9.59 Å². The van der Waals surface area contributed by atoms with E-state index in [1.165, 1.54) is 25.7 Å². The van der Waals surface area contributed by atoms with Crippen LogP contribution < -0.4 is 10.6 Å². The largest absolute Gasteiger partial charge is 0.348 e. The van der Waals surface area contributed by atoms with Crippen molar-refractivity contribution in [3.8, 4) is 22.8 Å². The minimum atomic E-state index is -0.642. The number of fused-ring (bicyclic) bond motifs is 2. The number of anilines is 1. The van der Waals surface area contributed by atoms with E-state index in [1.54, 1.807) is 12.1 Å². The Kier molecular flexibility index (Phi) is 5.71. The average Bonchev–Trinajstić information content (AvgIpc) is 3.58. The van der Waals surface area contributed by atoms with E-state index in [0.717, 1.165) is 29.4 Å². The first-order chi connectivity index (χ1) is 15.7. The number of aromatic amines is 1. The van der Waals surface area contributed by atoms with Crippen LogP contribution in [0.3, 0.4) is 0 Å². The van der Waals surface area contributed by atoms with Crippen LogP contribution in [0, 0.1) is 17.8 Å². The molecule has 3 aromatic rings. The number of amides is 2. The first-order valence-corrected chi connectivity index (χ1v) is 11.3. The SMILES string of the molecule is O=C(NCCC1CC2CCC1C2)C(=O)Nc1ccc(-c2nc(-c3ccccc3)n[nH]2)cc1. The summed E-state index contributed by atoms with van der Waals surface area (Å²) in [5.41, 5.74) is 2.34. The number of hydrogen-bond donors (Lipinski definition) is 3. The molecule has 2 aromatic carbocycles. The lowest BCUT2D eigenvalue weighted by Crippen LogP contribution is -2.36. The number of benzene rings is 2. The first-order valence-electron chi connectivity index (χ1n) is 11.3. The van der Waals surface area contributed by atoms with Crippen LogP contribution in [0.5, 0.6) is 0 Å². The van der Waals surface area contributed by atoms with Crippen LogP contribution in [0.25, 0.3) is 22.8 Å². The molecular weight excluding hydrogens is 402 g/mol. The Morgan fingerprint density at radius 1 is 0.938 bits per heavy atom. The van der Waals surface area contributed by atoms with Gasteiger partial charge >= 0.3 is 11.8 Å². The van der Waals surface area contributed by atoms with Crippen molar-refractivity contribution in [3.05, 3.63) is 54.6 Å². The number of aromatic nitrogens is 3. The van der Waals surface area contributed by atoms with Gasteiger partial charge < -0.3 is 10.6 Å². The fourth-order valence-corrected chi connectivity index (χ4v) is 5.19. The fraction of sp³-hybridized carbons (Fsp3) is 0.360. The molecule has 0 saturated heterocycles. The summed E-state index contributed by atoms with van der Waals surface area (Å²) < 4.78 is 0.